The highest BCUT2D eigenvalue weighted by molar-refractivity contribution is 9.10. The quantitative estimate of drug-likeness (QED) is 0.681. The number of carbonyl (C=O) groups excluding carboxylic acids is 1. The lowest BCUT2D eigenvalue weighted by Crippen LogP contribution is -2.32. The number of halogens is 2. The Kier molecular flexibility index (Phi) is 10.5. The van der Waals surface area contributed by atoms with Crippen LogP contribution in [0.4, 0.5) is 0 Å². The van der Waals surface area contributed by atoms with E-state index in [1.165, 1.54) is 0 Å². The van der Waals surface area contributed by atoms with Gasteiger partial charge in [0, 0.05) is 17.6 Å². The van der Waals surface area contributed by atoms with Crippen molar-refractivity contribution in [3.63, 3.8) is 0 Å². The summed E-state index contributed by atoms with van der Waals surface area (Å²) in [6.45, 7) is 8.35. The van der Waals surface area contributed by atoms with Gasteiger partial charge in [0.25, 0.3) is 5.91 Å². The van der Waals surface area contributed by atoms with Gasteiger partial charge in [-0.05, 0) is 45.0 Å². The molecule has 0 heterocycles. The van der Waals surface area contributed by atoms with E-state index in [1.54, 1.807) is 6.07 Å². The Bertz CT molecular complexity index is 442. The lowest BCUT2D eigenvalue weighted by atomic mass is 10.2. The highest BCUT2D eigenvalue weighted by Crippen LogP contribution is 2.24. The van der Waals surface area contributed by atoms with Crippen LogP contribution in [-0.4, -0.2) is 31.6 Å². The van der Waals surface area contributed by atoms with Crippen molar-refractivity contribution in [2.75, 3.05) is 19.6 Å². The molecule has 120 valence electrons. The van der Waals surface area contributed by atoms with E-state index in [4.69, 9.17) is 4.74 Å². The first-order chi connectivity index (χ1) is 9.54. The molecule has 1 rings (SSSR count). The molecule has 0 radical (unpaired) electrons. The van der Waals surface area contributed by atoms with Gasteiger partial charge in [-0.15, -0.1) is 12.4 Å². The standard InChI is InChI=1S/C15H23BrN2O2.ClH/c1-4-7-17-8-9-18-15(19)13-6-5-12(16)10-14(13)20-11(2)3;/h5-6,10-11,17H,4,7-9H2,1-3H3,(H,18,19);1H. The molecule has 0 atom stereocenters. The Morgan fingerprint density at radius 2 is 2.00 bits per heavy atom. The number of ether oxygens (including phenoxy) is 1. The van der Waals surface area contributed by atoms with Crippen molar-refractivity contribution in [3.05, 3.63) is 28.2 Å². The van der Waals surface area contributed by atoms with E-state index in [2.05, 4.69) is 33.5 Å². The Labute approximate surface area is 141 Å². The maximum absolute atomic E-state index is 12.2. The van der Waals surface area contributed by atoms with Crippen LogP contribution < -0.4 is 15.4 Å². The molecule has 0 aliphatic rings. The van der Waals surface area contributed by atoms with Crippen LogP contribution >= 0.6 is 28.3 Å². The van der Waals surface area contributed by atoms with Crippen molar-refractivity contribution >= 4 is 34.2 Å². The molecule has 1 aromatic rings. The van der Waals surface area contributed by atoms with Crippen molar-refractivity contribution in [1.82, 2.24) is 10.6 Å². The molecule has 0 spiro atoms. The van der Waals surface area contributed by atoms with Gasteiger partial charge in [0.15, 0.2) is 0 Å². The first kappa shape index (κ1) is 20.2. The minimum absolute atomic E-state index is 0. The number of rotatable bonds is 8. The summed E-state index contributed by atoms with van der Waals surface area (Å²) in [6, 6.07) is 5.44. The van der Waals surface area contributed by atoms with Gasteiger partial charge < -0.3 is 15.4 Å². The highest BCUT2D eigenvalue weighted by atomic mass is 79.9. The Balaban J connectivity index is 0.00000400. The lowest BCUT2D eigenvalue weighted by Gasteiger charge is -2.14. The van der Waals surface area contributed by atoms with Crippen LogP contribution in [0.25, 0.3) is 0 Å². The van der Waals surface area contributed by atoms with E-state index in [0.29, 0.717) is 17.9 Å². The van der Waals surface area contributed by atoms with Gasteiger partial charge in [-0.25, -0.2) is 0 Å². The fourth-order valence-corrected chi connectivity index (χ4v) is 2.04. The lowest BCUT2D eigenvalue weighted by molar-refractivity contribution is 0.0948. The summed E-state index contributed by atoms with van der Waals surface area (Å²) in [7, 11) is 0. The van der Waals surface area contributed by atoms with E-state index in [-0.39, 0.29) is 24.4 Å². The maximum atomic E-state index is 12.2. The summed E-state index contributed by atoms with van der Waals surface area (Å²) in [4.78, 5) is 12.2. The summed E-state index contributed by atoms with van der Waals surface area (Å²) in [5, 5.41) is 6.14. The maximum Gasteiger partial charge on any atom is 0.255 e. The zero-order chi connectivity index (χ0) is 15.0. The van der Waals surface area contributed by atoms with Gasteiger partial charge in [-0.1, -0.05) is 22.9 Å². The topological polar surface area (TPSA) is 50.4 Å². The van der Waals surface area contributed by atoms with E-state index >= 15 is 0 Å². The van der Waals surface area contributed by atoms with Gasteiger partial charge in [0.2, 0.25) is 0 Å². The van der Waals surface area contributed by atoms with Gasteiger partial charge in [-0.2, -0.15) is 0 Å². The van der Waals surface area contributed by atoms with Crippen molar-refractivity contribution in [3.8, 4) is 5.75 Å². The first-order valence-corrected chi connectivity index (χ1v) is 7.79. The zero-order valence-corrected chi connectivity index (χ0v) is 15.1. The SMILES string of the molecule is CCCNCCNC(=O)c1ccc(Br)cc1OC(C)C.Cl. The van der Waals surface area contributed by atoms with Crippen LogP contribution in [0.1, 0.15) is 37.6 Å². The van der Waals surface area contributed by atoms with E-state index in [9.17, 15) is 4.79 Å². The van der Waals surface area contributed by atoms with Crippen LogP contribution in [0.15, 0.2) is 22.7 Å². The number of carbonyl (C=O) groups is 1. The number of hydrogen-bond acceptors (Lipinski definition) is 3. The molecule has 1 aromatic carbocycles. The molecule has 21 heavy (non-hydrogen) atoms. The van der Waals surface area contributed by atoms with E-state index < -0.39 is 0 Å². The van der Waals surface area contributed by atoms with Crippen LogP contribution in [0.3, 0.4) is 0 Å². The summed E-state index contributed by atoms with van der Waals surface area (Å²) in [5.41, 5.74) is 0.567. The molecule has 0 bridgehead atoms. The predicted molar refractivity (Wildman–Crippen MR) is 92.6 cm³/mol. The second-order valence-electron chi connectivity index (χ2n) is 4.81. The molecular weight excluding hydrogens is 356 g/mol. The second-order valence-corrected chi connectivity index (χ2v) is 5.73. The third-order valence-corrected chi connectivity index (χ3v) is 3.06. The van der Waals surface area contributed by atoms with Crippen LogP contribution in [0.2, 0.25) is 0 Å². The molecule has 4 nitrogen and oxygen atoms in total. The number of hydrogen-bond donors (Lipinski definition) is 2. The van der Waals surface area contributed by atoms with Gasteiger partial charge in [0.1, 0.15) is 5.75 Å². The van der Waals surface area contributed by atoms with Crippen LogP contribution in [-0.2, 0) is 0 Å². The van der Waals surface area contributed by atoms with Crippen molar-refractivity contribution < 1.29 is 9.53 Å². The molecule has 2 N–H and O–H groups in total. The minimum Gasteiger partial charge on any atom is -0.490 e. The second kappa shape index (κ2) is 10.9. The molecule has 0 aromatic heterocycles. The van der Waals surface area contributed by atoms with Gasteiger partial charge in [-0.3, -0.25) is 4.79 Å². The summed E-state index contributed by atoms with van der Waals surface area (Å²) in [5.74, 6) is 0.500. The fourth-order valence-electron chi connectivity index (χ4n) is 1.70. The van der Waals surface area contributed by atoms with E-state index in [0.717, 1.165) is 24.0 Å². The molecular formula is C15H24BrClN2O2. The largest absolute Gasteiger partial charge is 0.490 e. The molecule has 0 saturated carbocycles. The average Bonchev–Trinajstić information content (AvgIpc) is 2.37. The first-order valence-electron chi connectivity index (χ1n) is 6.99. The normalized spacial score (nSPS) is 10.1. The number of amides is 1. The third kappa shape index (κ3) is 7.69. The van der Waals surface area contributed by atoms with Crippen LogP contribution in [0.5, 0.6) is 5.75 Å². The van der Waals surface area contributed by atoms with E-state index in [1.807, 2.05) is 26.0 Å². The molecule has 1 amide bonds. The van der Waals surface area contributed by atoms with Crippen LogP contribution in [0, 0.1) is 0 Å². The molecule has 0 fully saturated rings. The molecule has 0 aliphatic carbocycles. The monoisotopic (exact) mass is 378 g/mol. The molecule has 0 unspecified atom stereocenters. The Morgan fingerprint density at radius 1 is 1.29 bits per heavy atom. The molecule has 0 aliphatic heterocycles. The summed E-state index contributed by atoms with van der Waals surface area (Å²) >= 11 is 3.39. The number of nitrogens with one attached hydrogen (secondary N) is 2. The smallest absolute Gasteiger partial charge is 0.255 e. The van der Waals surface area contributed by atoms with Crippen molar-refractivity contribution in [2.45, 2.75) is 33.3 Å². The highest BCUT2D eigenvalue weighted by Gasteiger charge is 2.13. The summed E-state index contributed by atoms with van der Waals surface area (Å²) in [6.07, 6.45) is 1.12. The van der Waals surface area contributed by atoms with Crippen molar-refractivity contribution in [2.24, 2.45) is 0 Å². The number of benzene rings is 1. The average molecular weight is 380 g/mol. The minimum atomic E-state index is -0.105. The van der Waals surface area contributed by atoms with Gasteiger partial charge in [0.05, 0.1) is 11.7 Å². The predicted octanol–water partition coefficient (Wildman–Crippen LogP) is 3.39. The van der Waals surface area contributed by atoms with Gasteiger partial charge >= 0.3 is 0 Å². The third-order valence-electron chi connectivity index (χ3n) is 2.57. The molecule has 6 heteroatoms. The Morgan fingerprint density at radius 3 is 2.62 bits per heavy atom. The molecule has 0 saturated heterocycles. The van der Waals surface area contributed by atoms with Crippen molar-refractivity contribution in [1.29, 1.82) is 0 Å². The fraction of sp³-hybridized carbons (Fsp3) is 0.533. The Hall–Kier alpha value is -0.780. The summed E-state index contributed by atoms with van der Waals surface area (Å²) < 4.78 is 6.58. The zero-order valence-electron chi connectivity index (χ0n) is 12.7.